The predicted molar refractivity (Wildman–Crippen MR) is 71.0 cm³/mol. The van der Waals surface area contributed by atoms with Crippen LogP contribution in [0.15, 0.2) is 0 Å². The number of rotatable bonds is 6. The van der Waals surface area contributed by atoms with Gasteiger partial charge in [0.2, 0.25) is 5.91 Å². The van der Waals surface area contributed by atoms with Crippen molar-refractivity contribution in [1.82, 2.24) is 5.32 Å². The van der Waals surface area contributed by atoms with E-state index in [1.54, 1.807) is 0 Å². The lowest BCUT2D eigenvalue weighted by atomic mass is 9.92. The Morgan fingerprint density at radius 3 is 2.12 bits per heavy atom. The first-order valence-electron chi connectivity index (χ1n) is 5.79. The Balaban J connectivity index is 4.55. The molecule has 0 aromatic heterocycles. The van der Waals surface area contributed by atoms with Crippen LogP contribution in [0.1, 0.15) is 47.5 Å². The Kier molecular flexibility index (Phi) is 6.02. The zero-order chi connectivity index (χ0) is 13.7. The number of thioether (sulfide) groups is 1. The fraction of sp³-hybridized carbons (Fsp3) is 0.833. The average Bonchev–Trinajstić information content (AvgIpc) is 2.11. The Labute approximate surface area is 108 Å². The van der Waals surface area contributed by atoms with Crippen LogP contribution in [0.4, 0.5) is 0 Å². The Morgan fingerprint density at radius 1 is 1.24 bits per heavy atom. The van der Waals surface area contributed by atoms with Gasteiger partial charge in [0, 0.05) is 6.42 Å². The molecule has 0 aliphatic carbocycles. The van der Waals surface area contributed by atoms with Crippen molar-refractivity contribution in [3.8, 4) is 0 Å². The van der Waals surface area contributed by atoms with Gasteiger partial charge in [-0.2, -0.15) is 0 Å². The minimum Gasteiger partial charge on any atom is -0.479 e. The molecule has 0 heterocycles. The molecular weight excluding hydrogens is 238 g/mol. The largest absolute Gasteiger partial charge is 0.479 e. The molecule has 0 fully saturated rings. The van der Waals surface area contributed by atoms with E-state index in [0.29, 0.717) is 12.2 Å². The molecule has 100 valence electrons. The summed E-state index contributed by atoms with van der Waals surface area (Å²) in [5.41, 5.74) is -0.140. The van der Waals surface area contributed by atoms with Gasteiger partial charge in [0.25, 0.3) is 0 Å². The molecule has 1 atom stereocenters. The third kappa shape index (κ3) is 6.56. The first-order chi connectivity index (χ1) is 7.60. The van der Waals surface area contributed by atoms with Gasteiger partial charge >= 0.3 is 5.97 Å². The van der Waals surface area contributed by atoms with Crippen LogP contribution in [0.25, 0.3) is 0 Å². The normalized spacial score (nSPS) is 15.1. The molecule has 0 rings (SSSR count). The fourth-order valence-corrected chi connectivity index (χ4v) is 2.17. The lowest BCUT2D eigenvalue weighted by Gasteiger charge is -2.27. The second kappa shape index (κ2) is 6.28. The minimum atomic E-state index is -1.22. The highest BCUT2D eigenvalue weighted by Crippen LogP contribution is 2.25. The van der Waals surface area contributed by atoms with Crippen molar-refractivity contribution in [3.05, 3.63) is 0 Å². The van der Waals surface area contributed by atoms with Crippen molar-refractivity contribution < 1.29 is 14.7 Å². The summed E-state index contributed by atoms with van der Waals surface area (Å²) in [4.78, 5) is 21.7. The number of carboxylic acids is 1. The molecule has 0 aliphatic heterocycles. The van der Waals surface area contributed by atoms with Gasteiger partial charge in [-0.15, -0.1) is 11.8 Å². The second-order valence-electron chi connectivity index (χ2n) is 5.47. The van der Waals surface area contributed by atoms with Crippen molar-refractivity contribution in [2.24, 2.45) is 5.41 Å². The quantitative estimate of drug-likeness (QED) is 0.721. The predicted octanol–water partition coefficient (Wildman–Crippen LogP) is 2.48. The van der Waals surface area contributed by atoms with Gasteiger partial charge < -0.3 is 10.4 Å². The average molecular weight is 261 g/mol. The van der Waals surface area contributed by atoms with Gasteiger partial charge in [-0.1, -0.05) is 27.7 Å². The number of amides is 1. The molecular formula is C12H23NO3S. The third-order valence-electron chi connectivity index (χ3n) is 2.07. The first-order valence-corrected chi connectivity index (χ1v) is 6.77. The molecule has 0 aromatic carbocycles. The van der Waals surface area contributed by atoms with Gasteiger partial charge in [0.05, 0.1) is 0 Å². The molecule has 0 saturated heterocycles. The van der Waals surface area contributed by atoms with E-state index in [2.05, 4.69) is 5.32 Å². The monoisotopic (exact) mass is 261 g/mol. The molecule has 0 radical (unpaired) electrons. The van der Waals surface area contributed by atoms with Gasteiger partial charge in [0.15, 0.2) is 4.87 Å². The molecule has 0 spiro atoms. The lowest BCUT2D eigenvalue weighted by Crippen LogP contribution is -2.50. The van der Waals surface area contributed by atoms with Gasteiger partial charge in [-0.25, -0.2) is 4.79 Å². The number of hydrogen-bond donors (Lipinski definition) is 2. The van der Waals surface area contributed by atoms with Crippen molar-refractivity contribution in [3.63, 3.8) is 0 Å². The lowest BCUT2D eigenvalue weighted by molar-refractivity contribution is -0.143. The van der Waals surface area contributed by atoms with Gasteiger partial charge in [-0.3, -0.25) is 4.79 Å². The van der Waals surface area contributed by atoms with Crippen LogP contribution >= 0.6 is 11.8 Å². The van der Waals surface area contributed by atoms with E-state index in [4.69, 9.17) is 0 Å². The van der Waals surface area contributed by atoms with E-state index in [-0.39, 0.29) is 11.3 Å². The summed E-state index contributed by atoms with van der Waals surface area (Å²) in [6.07, 6.45) is 1.20. The third-order valence-corrected chi connectivity index (χ3v) is 3.54. The van der Waals surface area contributed by atoms with Crippen molar-refractivity contribution in [2.45, 2.75) is 52.3 Å². The summed E-state index contributed by atoms with van der Waals surface area (Å²) in [5.74, 6) is -0.511. The molecule has 4 nitrogen and oxygen atoms in total. The number of carbonyl (C=O) groups excluding carboxylic acids is 1. The van der Waals surface area contributed by atoms with Gasteiger partial charge in [-0.05, 0) is 24.5 Å². The molecule has 17 heavy (non-hydrogen) atoms. The van der Waals surface area contributed by atoms with Crippen LogP contribution in [-0.2, 0) is 9.59 Å². The van der Waals surface area contributed by atoms with Gasteiger partial charge in [0.1, 0.15) is 0 Å². The van der Waals surface area contributed by atoms with Crippen LogP contribution in [0.3, 0.4) is 0 Å². The maximum absolute atomic E-state index is 11.8. The molecule has 5 heteroatoms. The summed E-state index contributed by atoms with van der Waals surface area (Å²) in [5, 5.41) is 11.8. The minimum absolute atomic E-state index is 0.140. The highest BCUT2D eigenvalue weighted by molar-refractivity contribution is 8.01. The highest BCUT2D eigenvalue weighted by Gasteiger charge is 2.35. The number of carboxylic acid groups (broad SMARTS) is 1. The molecule has 0 unspecified atom stereocenters. The summed E-state index contributed by atoms with van der Waals surface area (Å²) < 4.78 is 0. The molecule has 2 N–H and O–H groups in total. The molecule has 0 aromatic rings. The van der Waals surface area contributed by atoms with E-state index in [1.165, 1.54) is 18.7 Å². The topological polar surface area (TPSA) is 66.4 Å². The van der Waals surface area contributed by atoms with Crippen LogP contribution in [0, 0.1) is 5.41 Å². The smallest absolute Gasteiger partial charge is 0.339 e. The zero-order valence-electron chi connectivity index (χ0n) is 11.3. The van der Waals surface area contributed by atoms with Crippen LogP contribution in [-0.4, -0.2) is 27.6 Å². The molecule has 0 aliphatic rings. The molecule has 0 saturated carbocycles. The van der Waals surface area contributed by atoms with Crippen LogP contribution in [0.5, 0.6) is 0 Å². The highest BCUT2D eigenvalue weighted by atomic mass is 32.2. The van der Waals surface area contributed by atoms with E-state index < -0.39 is 10.8 Å². The van der Waals surface area contributed by atoms with E-state index in [0.717, 1.165) is 6.42 Å². The zero-order valence-corrected chi connectivity index (χ0v) is 12.1. The second-order valence-corrected chi connectivity index (χ2v) is 6.99. The number of aliphatic carboxylic acids is 1. The first kappa shape index (κ1) is 16.3. The van der Waals surface area contributed by atoms with Crippen molar-refractivity contribution >= 4 is 23.6 Å². The van der Waals surface area contributed by atoms with E-state index in [9.17, 15) is 14.7 Å². The standard InChI is InChI=1S/C12H23NO3S/c1-6-7-17-12(5,10(15)16)13-9(14)8-11(2,3)4/h6-8H2,1-5H3,(H,13,14)(H,15,16)/t12-/m1/s1. The number of hydrogen-bond acceptors (Lipinski definition) is 3. The van der Waals surface area contributed by atoms with Crippen LogP contribution < -0.4 is 5.32 Å². The summed E-state index contributed by atoms with van der Waals surface area (Å²) >= 11 is 1.25. The molecule has 1 amide bonds. The summed E-state index contributed by atoms with van der Waals surface area (Å²) in [6, 6.07) is 0. The maximum atomic E-state index is 11.8. The number of nitrogens with one attached hydrogen (secondary N) is 1. The fourth-order valence-electron chi connectivity index (χ4n) is 1.25. The van der Waals surface area contributed by atoms with E-state index >= 15 is 0 Å². The van der Waals surface area contributed by atoms with Crippen molar-refractivity contribution in [1.29, 1.82) is 0 Å². The Hall–Kier alpha value is -0.710. The summed E-state index contributed by atoms with van der Waals surface area (Å²) in [7, 11) is 0. The molecule has 0 bridgehead atoms. The maximum Gasteiger partial charge on any atom is 0.339 e. The van der Waals surface area contributed by atoms with Crippen molar-refractivity contribution in [2.75, 3.05) is 5.75 Å². The Morgan fingerprint density at radius 2 is 1.76 bits per heavy atom. The Bertz CT molecular complexity index is 286. The van der Waals surface area contributed by atoms with Crippen LogP contribution in [0.2, 0.25) is 0 Å². The van der Waals surface area contributed by atoms with E-state index in [1.807, 2.05) is 27.7 Å². The number of carbonyl (C=O) groups is 2. The SMILES string of the molecule is CCCS[C@@](C)(NC(=O)CC(C)(C)C)C(=O)O. The summed E-state index contributed by atoms with van der Waals surface area (Å²) in [6.45, 7) is 9.36.